The van der Waals surface area contributed by atoms with Crippen molar-refractivity contribution in [3.05, 3.63) is 28.2 Å². The number of benzene rings is 1. The number of carbonyl (C=O) groups is 3. The summed E-state index contributed by atoms with van der Waals surface area (Å²) in [6, 6.07) is 4.13. The first-order chi connectivity index (χ1) is 11.4. The summed E-state index contributed by atoms with van der Waals surface area (Å²) in [6.45, 7) is 1.14. The molecule has 0 aliphatic carbocycles. The van der Waals surface area contributed by atoms with Crippen LogP contribution in [-0.4, -0.2) is 41.8 Å². The molecule has 128 valence electrons. The van der Waals surface area contributed by atoms with Gasteiger partial charge in [-0.15, -0.1) is 0 Å². The Kier molecular flexibility index (Phi) is 4.80. The van der Waals surface area contributed by atoms with Gasteiger partial charge in [0.2, 0.25) is 11.8 Å². The van der Waals surface area contributed by atoms with Crippen molar-refractivity contribution in [2.24, 2.45) is 11.7 Å². The van der Waals surface area contributed by atoms with Gasteiger partial charge >= 0.3 is 0 Å². The molecule has 0 saturated carbocycles. The normalized spacial score (nSPS) is 23.1. The van der Waals surface area contributed by atoms with Crippen LogP contribution < -0.4 is 10.6 Å². The second-order valence-electron chi connectivity index (χ2n) is 6.13. The molecule has 1 atom stereocenters. The maximum atomic E-state index is 12.7. The molecule has 2 N–H and O–H groups in total. The summed E-state index contributed by atoms with van der Waals surface area (Å²) in [5, 5.41) is 0.729. The van der Waals surface area contributed by atoms with Crippen LogP contribution in [0.1, 0.15) is 19.3 Å². The third-order valence-electron chi connectivity index (χ3n) is 4.60. The molecular weight excluding hydrogens is 353 g/mol. The van der Waals surface area contributed by atoms with E-state index in [1.807, 2.05) is 4.90 Å². The van der Waals surface area contributed by atoms with Crippen molar-refractivity contribution in [2.45, 2.75) is 25.3 Å². The number of rotatable bonds is 3. The summed E-state index contributed by atoms with van der Waals surface area (Å²) in [5.74, 6) is -1.02. The van der Waals surface area contributed by atoms with Crippen molar-refractivity contribution in [1.82, 2.24) is 4.90 Å². The number of halogens is 2. The lowest BCUT2D eigenvalue weighted by molar-refractivity contribution is -0.124. The van der Waals surface area contributed by atoms with Gasteiger partial charge in [-0.2, -0.15) is 0 Å². The number of hydrogen-bond acceptors (Lipinski definition) is 4. The molecule has 3 amide bonds. The Morgan fingerprint density at radius 1 is 1.08 bits per heavy atom. The van der Waals surface area contributed by atoms with Crippen LogP contribution in [0.4, 0.5) is 5.69 Å². The van der Waals surface area contributed by atoms with Gasteiger partial charge in [-0.1, -0.05) is 23.2 Å². The van der Waals surface area contributed by atoms with Crippen LogP contribution in [0.15, 0.2) is 18.2 Å². The topological polar surface area (TPSA) is 83.7 Å². The lowest BCUT2D eigenvalue weighted by Crippen LogP contribution is -2.47. The summed E-state index contributed by atoms with van der Waals surface area (Å²) in [5.41, 5.74) is 5.72. The number of amides is 3. The summed E-state index contributed by atoms with van der Waals surface area (Å²) in [6.07, 6.45) is 1.33. The van der Waals surface area contributed by atoms with Gasteiger partial charge in [0.1, 0.15) is 0 Å². The molecule has 2 saturated heterocycles. The van der Waals surface area contributed by atoms with E-state index < -0.39 is 6.04 Å². The van der Waals surface area contributed by atoms with E-state index in [9.17, 15) is 14.4 Å². The van der Waals surface area contributed by atoms with Gasteiger partial charge < -0.3 is 5.73 Å². The number of primary amides is 1. The maximum Gasteiger partial charge on any atom is 0.251 e. The van der Waals surface area contributed by atoms with Gasteiger partial charge in [-0.25, -0.2) is 4.90 Å². The molecule has 1 aromatic rings. The van der Waals surface area contributed by atoms with E-state index in [2.05, 4.69) is 0 Å². The van der Waals surface area contributed by atoms with Crippen molar-refractivity contribution < 1.29 is 14.4 Å². The van der Waals surface area contributed by atoms with Crippen LogP contribution in [0.5, 0.6) is 0 Å². The summed E-state index contributed by atoms with van der Waals surface area (Å²) in [4.78, 5) is 39.4. The number of likely N-dealkylation sites (tertiary alicyclic amines) is 1. The molecule has 0 spiro atoms. The van der Waals surface area contributed by atoms with Crippen LogP contribution in [0.25, 0.3) is 0 Å². The minimum Gasteiger partial charge on any atom is -0.369 e. The van der Waals surface area contributed by atoms with Crippen LogP contribution in [-0.2, 0) is 14.4 Å². The third-order valence-corrected chi connectivity index (χ3v) is 5.04. The van der Waals surface area contributed by atoms with Crippen molar-refractivity contribution in [2.75, 3.05) is 18.0 Å². The lowest BCUT2D eigenvalue weighted by atomic mass is 9.95. The van der Waals surface area contributed by atoms with Crippen molar-refractivity contribution in [1.29, 1.82) is 0 Å². The van der Waals surface area contributed by atoms with E-state index in [-0.39, 0.29) is 30.1 Å². The zero-order valence-corrected chi connectivity index (χ0v) is 14.4. The fraction of sp³-hybridized carbons (Fsp3) is 0.438. The molecule has 2 heterocycles. The Morgan fingerprint density at radius 3 is 2.21 bits per heavy atom. The second-order valence-corrected chi connectivity index (χ2v) is 7.00. The Bertz CT molecular complexity index is 682. The summed E-state index contributed by atoms with van der Waals surface area (Å²) >= 11 is 11.9. The van der Waals surface area contributed by atoms with E-state index in [0.29, 0.717) is 41.7 Å². The van der Waals surface area contributed by atoms with Crippen LogP contribution in [0.2, 0.25) is 10.0 Å². The lowest BCUT2D eigenvalue weighted by Gasteiger charge is -2.33. The Balaban J connectivity index is 1.76. The molecule has 3 rings (SSSR count). The summed E-state index contributed by atoms with van der Waals surface area (Å²) < 4.78 is 0. The van der Waals surface area contributed by atoms with Gasteiger partial charge in [-0.3, -0.25) is 19.3 Å². The first kappa shape index (κ1) is 17.2. The van der Waals surface area contributed by atoms with Crippen molar-refractivity contribution in [3.8, 4) is 0 Å². The van der Waals surface area contributed by atoms with Gasteiger partial charge in [-0.05, 0) is 44.1 Å². The average molecular weight is 370 g/mol. The number of carbonyl (C=O) groups excluding carboxylic acids is 3. The minimum absolute atomic E-state index is 0.115. The summed E-state index contributed by atoms with van der Waals surface area (Å²) in [7, 11) is 0. The average Bonchev–Trinajstić information content (AvgIpc) is 2.81. The first-order valence-corrected chi connectivity index (χ1v) is 8.48. The Hall–Kier alpha value is -1.63. The molecule has 8 heteroatoms. The number of nitrogens with zero attached hydrogens (tertiary/aromatic N) is 2. The molecule has 6 nitrogen and oxygen atoms in total. The van der Waals surface area contributed by atoms with Gasteiger partial charge in [0, 0.05) is 16.0 Å². The number of nitrogens with two attached hydrogens (primary N) is 1. The third kappa shape index (κ3) is 3.27. The van der Waals surface area contributed by atoms with Crippen LogP contribution >= 0.6 is 23.2 Å². The molecule has 1 aromatic carbocycles. The standard InChI is InChI=1S/C16H17Cl2N3O3/c17-10-5-11(18)7-12(6-10)21-14(22)8-13(16(21)24)20-3-1-9(2-4-20)15(19)23/h5-7,9,13H,1-4,8H2,(H2,19,23)/t13-/m0/s1. The minimum atomic E-state index is -0.510. The van der Waals surface area contributed by atoms with Gasteiger partial charge in [0.25, 0.3) is 5.91 Å². The molecule has 0 aromatic heterocycles. The molecule has 0 unspecified atom stereocenters. The number of anilines is 1. The van der Waals surface area contributed by atoms with E-state index in [0.717, 1.165) is 4.90 Å². The van der Waals surface area contributed by atoms with E-state index in [4.69, 9.17) is 28.9 Å². The first-order valence-electron chi connectivity index (χ1n) is 7.73. The smallest absolute Gasteiger partial charge is 0.251 e. The highest BCUT2D eigenvalue weighted by Crippen LogP contribution is 2.31. The largest absolute Gasteiger partial charge is 0.369 e. The van der Waals surface area contributed by atoms with Gasteiger partial charge in [0.05, 0.1) is 18.2 Å². The predicted molar refractivity (Wildman–Crippen MR) is 90.9 cm³/mol. The predicted octanol–water partition coefficient (Wildman–Crippen LogP) is 1.82. The fourth-order valence-corrected chi connectivity index (χ4v) is 3.85. The second kappa shape index (κ2) is 6.70. The highest BCUT2D eigenvalue weighted by Gasteiger charge is 2.43. The highest BCUT2D eigenvalue weighted by atomic mass is 35.5. The van der Waals surface area contributed by atoms with Crippen molar-refractivity contribution >= 4 is 46.6 Å². The molecule has 2 aliphatic heterocycles. The fourth-order valence-electron chi connectivity index (χ4n) is 3.34. The molecular formula is C16H17Cl2N3O3. The maximum absolute atomic E-state index is 12.7. The quantitative estimate of drug-likeness (QED) is 0.823. The molecule has 2 fully saturated rings. The van der Waals surface area contributed by atoms with Crippen LogP contribution in [0, 0.1) is 5.92 Å². The molecule has 2 aliphatic rings. The van der Waals surface area contributed by atoms with E-state index >= 15 is 0 Å². The molecule has 0 bridgehead atoms. The highest BCUT2D eigenvalue weighted by molar-refractivity contribution is 6.35. The molecule has 24 heavy (non-hydrogen) atoms. The zero-order chi connectivity index (χ0) is 17.4. The Morgan fingerprint density at radius 2 is 1.67 bits per heavy atom. The van der Waals surface area contributed by atoms with Gasteiger partial charge in [0.15, 0.2) is 0 Å². The van der Waals surface area contributed by atoms with E-state index in [1.54, 1.807) is 18.2 Å². The van der Waals surface area contributed by atoms with E-state index in [1.165, 1.54) is 0 Å². The number of piperidine rings is 1. The zero-order valence-electron chi connectivity index (χ0n) is 12.9. The monoisotopic (exact) mass is 369 g/mol. The Labute approximate surface area is 149 Å². The SMILES string of the molecule is NC(=O)C1CCN([C@H]2CC(=O)N(c3cc(Cl)cc(Cl)c3)C2=O)CC1. The van der Waals surface area contributed by atoms with Crippen LogP contribution in [0.3, 0.4) is 0 Å². The number of imide groups is 1. The molecule has 0 radical (unpaired) electrons. The number of hydrogen-bond donors (Lipinski definition) is 1. The van der Waals surface area contributed by atoms with Crippen molar-refractivity contribution in [3.63, 3.8) is 0 Å².